The van der Waals surface area contributed by atoms with Gasteiger partial charge in [-0.2, -0.15) is 0 Å². The standard InChI is InChI=1S/C13H18N2/c1-2-12(13-7-4-8-15-13)10-5-3-6-11(14)9-10/h2-3,5-6,9,12-13,15H,1,4,7-8,14H2. The van der Waals surface area contributed by atoms with E-state index in [-0.39, 0.29) is 0 Å². The molecule has 2 atom stereocenters. The molecule has 3 N–H and O–H groups in total. The molecular formula is C13H18N2. The van der Waals surface area contributed by atoms with Crippen LogP contribution in [0.1, 0.15) is 24.3 Å². The Balaban J connectivity index is 2.21. The molecule has 0 amide bonds. The average Bonchev–Trinajstić information content (AvgIpc) is 2.72. The molecule has 0 bridgehead atoms. The molecule has 2 heteroatoms. The van der Waals surface area contributed by atoms with Gasteiger partial charge in [-0.05, 0) is 37.1 Å². The molecule has 1 aliphatic heterocycles. The van der Waals surface area contributed by atoms with E-state index in [1.54, 1.807) is 0 Å². The van der Waals surface area contributed by atoms with Gasteiger partial charge in [-0.1, -0.05) is 18.2 Å². The minimum Gasteiger partial charge on any atom is -0.399 e. The van der Waals surface area contributed by atoms with Crippen LogP contribution < -0.4 is 11.1 Å². The number of nitrogen functional groups attached to an aromatic ring is 1. The highest BCUT2D eigenvalue weighted by molar-refractivity contribution is 5.43. The maximum atomic E-state index is 5.80. The van der Waals surface area contributed by atoms with Crippen molar-refractivity contribution in [3.63, 3.8) is 0 Å². The fourth-order valence-electron chi connectivity index (χ4n) is 2.32. The third-order valence-corrected chi connectivity index (χ3v) is 3.08. The molecule has 1 aliphatic rings. The lowest BCUT2D eigenvalue weighted by atomic mass is 9.90. The van der Waals surface area contributed by atoms with Gasteiger partial charge in [-0.15, -0.1) is 6.58 Å². The summed E-state index contributed by atoms with van der Waals surface area (Å²) in [7, 11) is 0. The number of nitrogens with one attached hydrogen (secondary N) is 1. The van der Waals surface area contributed by atoms with E-state index in [4.69, 9.17) is 5.73 Å². The fraction of sp³-hybridized carbons (Fsp3) is 0.385. The van der Waals surface area contributed by atoms with Gasteiger partial charge in [0.2, 0.25) is 0 Å². The second-order valence-corrected chi connectivity index (χ2v) is 4.13. The first-order chi connectivity index (χ1) is 7.31. The average molecular weight is 202 g/mol. The Morgan fingerprint density at radius 1 is 1.53 bits per heavy atom. The first-order valence-corrected chi connectivity index (χ1v) is 5.52. The van der Waals surface area contributed by atoms with Crippen molar-refractivity contribution in [1.29, 1.82) is 0 Å². The van der Waals surface area contributed by atoms with Gasteiger partial charge in [0.25, 0.3) is 0 Å². The predicted octanol–water partition coefficient (Wildman–Crippen LogP) is 2.29. The molecule has 2 nitrogen and oxygen atoms in total. The third-order valence-electron chi connectivity index (χ3n) is 3.08. The summed E-state index contributed by atoms with van der Waals surface area (Å²) in [5.74, 6) is 0.385. The summed E-state index contributed by atoms with van der Waals surface area (Å²) >= 11 is 0. The van der Waals surface area contributed by atoms with E-state index in [0.717, 1.165) is 12.2 Å². The summed E-state index contributed by atoms with van der Waals surface area (Å²) in [6.07, 6.45) is 4.51. The van der Waals surface area contributed by atoms with Crippen LogP contribution in [0, 0.1) is 0 Å². The molecule has 0 saturated carbocycles. The lowest BCUT2D eigenvalue weighted by molar-refractivity contribution is 0.552. The van der Waals surface area contributed by atoms with Crippen molar-refractivity contribution < 1.29 is 0 Å². The highest BCUT2D eigenvalue weighted by atomic mass is 14.9. The number of rotatable bonds is 3. The van der Waals surface area contributed by atoms with Gasteiger partial charge in [-0.3, -0.25) is 0 Å². The lowest BCUT2D eigenvalue weighted by Gasteiger charge is -2.20. The third kappa shape index (κ3) is 2.21. The van der Waals surface area contributed by atoms with E-state index in [9.17, 15) is 0 Å². The fourth-order valence-corrected chi connectivity index (χ4v) is 2.32. The summed E-state index contributed by atoms with van der Waals surface area (Å²) in [5.41, 5.74) is 7.89. The topological polar surface area (TPSA) is 38.0 Å². The first-order valence-electron chi connectivity index (χ1n) is 5.52. The van der Waals surface area contributed by atoms with Gasteiger partial charge in [-0.25, -0.2) is 0 Å². The second kappa shape index (κ2) is 4.49. The van der Waals surface area contributed by atoms with Crippen molar-refractivity contribution in [3.8, 4) is 0 Å². The van der Waals surface area contributed by atoms with Crippen LogP contribution in [0.4, 0.5) is 5.69 Å². The summed E-state index contributed by atoms with van der Waals surface area (Å²) in [4.78, 5) is 0. The molecule has 80 valence electrons. The van der Waals surface area contributed by atoms with E-state index in [2.05, 4.69) is 18.0 Å². The molecule has 0 radical (unpaired) electrons. The smallest absolute Gasteiger partial charge is 0.0316 e. The molecule has 0 spiro atoms. The van der Waals surface area contributed by atoms with Crippen LogP contribution in [0.15, 0.2) is 36.9 Å². The summed E-state index contributed by atoms with van der Waals surface area (Å²) in [6, 6.07) is 8.64. The van der Waals surface area contributed by atoms with Crippen LogP contribution in [0.25, 0.3) is 0 Å². The highest BCUT2D eigenvalue weighted by Gasteiger charge is 2.23. The molecular weight excluding hydrogens is 184 g/mol. The summed E-state index contributed by atoms with van der Waals surface area (Å²) < 4.78 is 0. The molecule has 1 fully saturated rings. The predicted molar refractivity (Wildman–Crippen MR) is 64.8 cm³/mol. The van der Waals surface area contributed by atoms with Gasteiger partial charge < -0.3 is 11.1 Å². The van der Waals surface area contributed by atoms with Gasteiger partial charge in [0.1, 0.15) is 0 Å². The minimum absolute atomic E-state index is 0.385. The summed E-state index contributed by atoms with van der Waals surface area (Å²) in [5, 5.41) is 3.51. The normalized spacial score (nSPS) is 22.5. The molecule has 0 aromatic heterocycles. The zero-order chi connectivity index (χ0) is 10.7. The van der Waals surface area contributed by atoms with Gasteiger partial charge in [0, 0.05) is 17.6 Å². The Hall–Kier alpha value is -1.28. The minimum atomic E-state index is 0.385. The molecule has 1 aromatic rings. The monoisotopic (exact) mass is 202 g/mol. The van der Waals surface area contributed by atoms with Crippen molar-refractivity contribution in [3.05, 3.63) is 42.5 Å². The zero-order valence-electron chi connectivity index (χ0n) is 8.95. The number of hydrogen-bond donors (Lipinski definition) is 2. The van der Waals surface area contributed by atoms with Crippen LogP contribution in [0.5, 0.6) is 0 Å². The van der Waals surface area contributed by atoms with Crippen LogP contribution >= 0.6 is 0 Å². The molecule has 0 aliphatic carbocycles. The van der Waals surface area contributed by atoms with Crippen molar-refractivity contribution in [1.82, 2.24) is 5.32 Å². The van der Waals surface area contributed by atoms with E-state index in [1.807, 2.05) is 24.3 Å². The summed E-state index contributed by atoms with van der Waals surface area (Å²) in [6.45, 7) is 5.05. The number of benzene rings is 1. The Bertz CT molecular complexity index is 340. The maximum absolute atomic E-state index is 5.80. The lowest BCUT2D eigenvalue weighted by Crippen LogP contribution is -2.27. The van der Waals surface area contributed by atoms with Crippen molar-refractivity contribution in [2.45, 2.75) is 24.8 Å². The molecule has 1 heterocycles. The Labute approximate surface area is 91.2 Å². The molecule has 2 rings (SSSR count). The molecule has 15 heavy (non-hydrogen) atoms. The highest BCUT2D eigenvalue weighted by Crippen LogP contribution is 2.27. The van der Waals surface area contributed by atoms with E-state index in [1.165, 1.54) is 18.4 Å². The van der Waals surface area contributed by atoms with Crippen molar-refractivity contribution in [2.24, 2.45) is 0 Å². The van der Waals surface area contributed by atoms with Gasteiger partial charge >= 0.3 is 0 Å². The van der Waals surface area contributed by atoms with Crippen LogP contribution in [0.2, 0.25) is 0 Å². The first kappa shape index (κ1) is 10.2. The second-order valence-electron chi connectivity index (χ2n) is 4.13. The van der Waals surface area contributed by atoms with Crippen LogP contribution in [0.3, 0.4) is 0 Å². The van der Waals surface area contributed by atoms with Crippen LogP contribution in [-0.2, 0) is 0 Å². The van der Waals surface area contributed by atoms with Gasteiger partial charge in [0.05, 0.1) is 0 Å². The van der Waals surface area contributed by atoms with E-state index >= 15 is 0 Å². The number of nitrogens with two attached hydrogens (primary N) is 1. The van der Waals surface area contributed by atoms with Crippen LogP contribution in [-0.4, -0.2) is 12.6 Å². The van der Waals surface area contributed by atoms with Crippen molar-refractivity contribution >= 4 is 5.69 Å². The quantitative estimate of drug-likeness (QED) is 0.583. The number of hydrogen-bond acceptors (Lipinski definition) is 2. The molecule has 1 aromatic carbocycles. The van der Waals surface area contributed by atoms with Gasteiger partial charge in [0.15, 0.2) is 0 Å². The zero-order valence-corrected chi connectivity index (χ0v) is 8.95. The largest absolute Gasteiger partial charge is 0.399 e. The Morgan fingerprint density at radius 3 is 3.00 bits per heavy atom. The Morgan fingerprint density at radius 2 is 2.40 bits per heavy atom. The number of anilines is 1. The maximum Gasteiger partial charge on any atom is 0.0316 e. The van der Waals surface area contributed by atoms with Crippen molar-refractivity contribution in [2.75, 3.05) is 12.3 Å². The van der Waals surface area contributed by atoms with E-state index in [0.29, 0.717) is 12.0 Å². The Kier molecular flexibility index (Phi) is 3.07. The van der Waals surface area contributed by atoms with E-state index < -0.39 is 0 Å². The molecule has 2 unspecified atom stereocenters. The molecule has 1 saturated heterocycles. The SMILES string of the molecule is C=CC(c1cccc(N)c1)C1CCCN1.